The van der Waals surface area contributed by atoms with Gasteiger partial charge in [-0.05, 0) is 32.0 Å². The van der Waals surface area contributed by atoms with Crippen molar-refractivity contribution < 1.29 is 23.5 Å². The lowest BCUT2D eigenvalue weighted by Gasteiger charge is -2.11. The van der Waals surface area contributed by atoms with E-state index in [1.165, 1.54) is 6.26 Å². The van der Waals surface area contributed by atoms with Crippen molar-refractivity contribution in [3.8, 4) is 11.5 Å². The van der Waals surface area contributed by atoms with Crippen molar-refractivity contribution in [2.45, 2.75) is 13.8 Å². The quantitative estimate of drug-likeness (QED) is 0.793. The summed E-state index contributed by atoms with van der Waals surface area (Å²) in [4.78, 5) is 23.5. The summed E-state index contributed by atoms with van der Waals surface area (Å²) in [6, 6.07) is 8.69. The van der Waals surface area contributed by atoms with Gasteiger partial charge in [-0.25, -0.2) is 0 Å². The van der Waals surface area contributed by atoms with Gasteiger partial charge in [-0.3, -0.25) is 20.4 Å². The highest BCUT2D eigenvalue weighted by Gasteiger charge is 2.13. The van der Waals surface area contributed by atoms with E-state index in [9.17, 15) is 9.59 Å². The lowest BCUT2D eigenvalue weighted by atomic mass is 10.3. The van der Waals surface area contributed by atoms with Crippen molar-refractivity contribution in [1.82, 2.24) is 10.9 Å². The van der Waals surface area contributed by atoms with Gasteiger partial charge >= 0.3 is 5.91 Å². The Labute approximate surface area is 133 Å². The number of amides is 2. The molecule has 2 amide bonds. The van der Waals surface area contributed by atoms with Gasteiger partial charge in [0.2, 0.25) is 0 Å². The number of furan rings is 1. The molecule has 7 nitrogen and oxygen atoms in total. The van der Waals surface area contributed by atoms with Crippen LogP contribution in [-0.2, 0) is 4.79 Å². The van der Waals surface area contributed by atoms with Crippen molar-refractivity contribution in [3.05, 3.63) is 47.9 Å². The Balaban J connectivity index is 1.82. The Morgan fingerprint density at radius 1 is 1.09 bits per heavy atom. The SMILES string of the molecule is CCOc1ccccc1OCC(=O)NNC(=O)c1occc1C. The number of rotatable bonds is 6. The molecule has 1 heterocycles. The Morgan fingerprint density at radius 2 is 1.78 bits per heavy atom. The molecular formula is C16H18N2O5. The van der Waals surface area contributed by atoms with E-state index < -0.39 is 11.8 Å². The maximum Gasteiger partial charge on any atom is 0.305 e. The van der Waals surface area contributed by atoms with E-state index in [0.717, 1.165) is 0 Å². The second-order valence-corrected chi connectivity index (χ2v) is 4.60. The number of nitrogens with one attached hydrogen (secondary N) is 2. The summed E-state index contributed by atoms with van der Waals surface area (Å²) in [7, 11) is 0. The average molecular weight is 318 g/mol. The fourth-order valence-electron chi connectivity index (χ4n) is 1.81. The number of hydrogen-bond donors (Lipinski definition) is 2. The van der Waals surface area contributed by atoms with Gasteiger partial charge in [0.25, 0.3) is 5.91 Å². The number of ether oxygens (including phenoxy) is 2. The lowest BCUT2D eigenvalue weighted by Crippen LogP contribution is -2.43. The normalized spacial score (nSPS) is 10.0. The first-order valence-corrected chi connectivity index (χ1v) is 7.09. The Bertz CT molecular complexity index is 681. The van der Waals surface area contributed by atoms with E-state index in [1.807, 2.05) is 13.0 Å². The second-order valence-electron chi connectivity index (χ2n) is 4.60. The van der Waals surface area contributed by atoms with Crippen LogP contribution in [0.15, 0.2) is 41.0 Å². The molecule has 0 aliphatic rings. The van der Waals surface area contributed by atoms with E-state index in [-0.39, 0.29) is 12.4 Å². The molecule has 0 saturated carbocycles. The molecule has 0 radical (unpaired) electrons. The van der Waals surface area contributed by atoms with Crippen LogP contribution in [-0.4, -0.2) is 25.0 Å². The van der Waals surface area contributed by atoms with E-state index in [0.29, 0.717) is 23.7 Å². The molecule has 0 spiro atoms. The Morgan fingerprint density at radius 3 is 2.39 bits per heavy atom. The summed E-state index contributed by atoms with van der Waals surface area (Å²) >= 11 is 0. The first kappa shape index (κ1) is 16.4. The maximum atomic E-state index is 11.8. The van der Waals surface area contributed by atoms with Gasteiger partial charge < -0.3 is 13.9 Å². The third-order valence-corrected chi connectivity index (χ3v) is 2.89. The largest absolute Gasteiger partial charge is 0.490 e. The Kier molecular flexibility index (Phi) is 5.62. The second kappa shape index (κ2) is 7.88. The maximum absolute atomic E-state index is 11.8. The van der Waals surface area contributed by atoms with Crippen LogP contribution < -0.4 is 20.3 Å². The minimum absolute atomic E-state index is 0.146. The van der Waals surface area contributed by atoms with Crippen LogP contribution >= 0.6 is 0 Å². The van der Waals surface area contributed by atoms with E-state index in [1.54, 1.807) is 31.2 Å². The molecular weight excluding hydrogens is 300 g/mol. The molecule has 122 valence electrons. The molecule has 2 aromatic rings. The number of benzene rings is 1. The van der Waals surface area contributed by atoms with Crippen molar-refractivity contribution >= 4 is 11.8 Å². The molecule has 0 fully saturated rings. The van der Waals surface area contributed by atoms with Crippen molar-refractivity contribution in [2.24, 2.45) is 0 Å². The predicted molar refractivity (Wildman–Crippen MR) is 82.2 cm³/mol. The smallest absolute Gasteiger partial charge is 0.305 e. The number of hydrogen-bond acceptors (Lipinski definition) is 5. The molecule has 0 unspecified atom stereocenters. The van der Waals surface area contributed by atoms with Gasteiger partial charge in [-0.2, -0.15) is 0 Å². The van der Waals surface area contributed by atoms with Gasteiger partial charge in [0.15, 0.2) is 23.9 Å². The molecule has 1 aromatic heterocycles. The van der Waals surface area contributed by atoms with Crippen LogP contribution in [0.5, 0.6) is 11.5 Å². The van der Waals surface area contributed by atoms with Crippen LogP contribution in [0.2, 0.25) is 0 Å². The van der Waals surface area contributed by atoms with Gasteiger partial charge in [-0.15, -0.1) is 0 Å². The summed E-state index contributed by atoms with van der Waals surface area (Å²) in [5, 5.41) is 0. The summed E-state index contributed by atoms with van der Waals surface area (Å²) < 4.78 is 15.8. The topological polar surface area (TPSA) is 89.8 Å². The van der Waals surface area contributed by atoms with Gasteiger partial charge in [-0.1, -0.05) is 12.1 Å². The standard InChI is InChI=1S/C16H18N2O5/c1-3-21-12-6-4-5-7-13(12)23-10-14(19)17-18-16(20)15-11(2)8-9-22-15/h4-9H,3,10H2,1-2H3,(H,17,19)(H,18,20). The average Bonchev–Trinajstić information content (AvgIpc) is 2.98. The highest BCUT2D eigenvalue weighted by atomic mass is 16.5. The highest BCUT2D eigenvalue weighted by molar-refractivity contribution is 5.94. The van der Waals surface area contributed by atoms with Gasteiger partial charge in [0, 0.05) is 5.56 Å². The summed E-state index contributed by atoms with van der Waals surface area (Å²) in [6.45, 7) is 3.82. The minimum Gasteiger partial charge on any atom is -0.490 e. The number of carbonyl (C=O) groups is 2. The number of carbonyl (C=O) groups excluding carboxylic acids is 2. The summed E-state index contributed by atoms with van der Waals surface area (Å²) in [6.07, 6.45) is 1.40. The third kappa shape index (κ3) is 4.50. The van der Waals surface area contributed by atoms with Crippen LogP contribution in [0.1, 0.15) is 23.0 Å². The third-order valence-electron chi connectivity index (χ3n) is 2.89. The number of hydrazine groups is 1. The summed E-state index contributed by atoms with van der Waals surface area (Å²) in [5.74, 6) is 0.119. The molecule has 7 heteroatoms. The molecule has 0 saturated heterocycles. The molecule has 2 rings (SSSR count). The fraction of sp³-hybridized carbons (Fsp3) is 0.250. The number of para-hydroxylation sites is 2. The zero-order valence-electron chi connectivity index (χ0n) is 12.9. The van der Waals surface area contributed by atoms with E-state index in [2.05, 4.69) is 10.9 Å². The van der Waals surface area contributed by atoms with Crippen molar-refractivity contribution in [2.75, 3.05) is 13.2 Å². The molecule has 0 bridgehead atoms. The fourth-order valence-corrected chi connectivity index (χ4v) is 1.81. The minimum atomic E-state index is -0.532. The molecule has 1 aromatic carbocycles. The zero-order valence-corrected chi connectivity index (χ0v) is 12.9. The molecule has 0 aliphatic heterocycles. The summed E-state index contributed by atoms with van der Waals surface area (Å²) in [5.41, 5.74) is 5.19. The van der Waals surface area contributed by atoms with Crippen LogP contribution in [0.4, 0.5) is 0 Å². The highest BCUT2D eigenvalue weighted by Crippen LogP contribution is 2.26. The Hall–Kier alpha value is -2.96. The number of aryl methyl sites for hydroxylation is 1. The van der Waals surface area contributed by atoms with E-state index >= 15 is 0 Å². The van der Waals surface area contributed by atoms with Crippen LogP contribution in [0.25, 0.3) is 0 Å². The van der Waals surface area contributed by atoms with Crippen molar-refractivity contribution in [1.29, 1.82) is 0 Å². The molecule has 23 heavy (non-hydrogen) atoms. The van der Waals surface area contributed by atoms with Gasteiger partial charge in [0.05, 0.1) is 12.9 Å². The molecule has 0 aliphatic carbocycles. The zero-order chi connectivity index (χ0) is 16.7. The van der Waals surface area contributed by atoms with Crippen LogP contribution in [0.3, 0.4) is 0 Å². The first-order chi connectivity index (χ1) is 11.1. The predicted octanol–water partition coefficient (Wildman–Crippen LogP) is 1.83. The first-order valence-electron chi connectivity index (χ1n) is 7.09. The molecule has 0 atom stereocenters. The lowest BCUT2D eigenvalue weighted by molar-refractivity contribution is -0.123. The molecule has 2 N–H and O–H groups in total. The van der Waals surface area contributed by atoms with E-state index in [4.69, 9.17) is 13.9 Å². The monoisotopic (exact) mass is 318 g/mol. The van der Waals surface area contributed by atoms with Gasteiger partial charge in [0.1, 0.15) is 0 Å². The van der Waals surface area contributed by atoms with Crippen molar-refractivity contribution in [3.63, 3.8) is 0 Å². The van der Waals surface area contributed by atoms with Crippen LogP contribution in [0, 0.1) is 6.92 Å².